The summed E-state index contributed by atoms with van der Waals surface area (Å²) in [5.41, 5.74) is 9.13. The molecule has 0 unspecified atom stereocenters. The number of benzene rings is 1. The Balaban J connectivity index is 2.09. The van der Waals surface area contributed by atoms with Gasteiger partial charge in [-0.25, -0.2) is 4.39 Å². The number of aryl methyl sites for hydroxylation is 3. The first-order valence-electron chi connectivity index (χ1n) is 6.80. The van der Waals surface area contributed by atoms with Gasteiger partial charge in [0.05, 0.1) is 11.4 Å². The molecule has 0 aliphatic heterocycles. The van der Waals surface area contributed by atoms with Gasteiger partial charge in [-0.2, -0.15) is 5.10 Å². The first-order valence-corrected chi connectivity index (χ1v) is 6.80. The van der Waals surface area contributed by atoms with Gasteiger partial charge in [-0.05, 0) is 37.0 Å². The van der Waals surface area contributed by atoms with Crippen LogP contribution in [0, 0.1) is 19.7 Å². The minimum Gasteiger partial charge on any atom is -0.395 e. The summed E-state index contributed by atoms with van der Waals surface area (Å²) in [5, 5.41) is 9.41. The van der Waals surface area contributed by atoms with Crippen LogP contribution in [0.25, 0.3) is 0 Å². The SMILES string of the molecule is CCc1[nH]nc(C(=O)NCc2cc(C)c(F)c(C)c2)c1N. The summed E-state index contributed by atoms with van der Waals surface area (Å²) in [6, 6.07) is 3.43. The van der Waals surface area contributed by atoms with Crippen LogP contribution in [0.3, 0.4) is 0 Å². The summed E-state index contributed by atoms with van der Waals surface area (Å²) in [4.78, 5) is 12.1. The predicted octanol–water partition coefficient (Wildman–Crippen LogP) is 2.24. The van der Waals surface area contributed by atoms with Gasteiger partial charge >= 0.3 is 0 Å². The van der Waals surface area contributed by atoms with Crippen molar-refractivity contribution < 1.29 is 9.18 Å². The highest BCUT2D eigenvalue weighted by atomic mass is 19.1. The highest BCUT2D eigenvalue weighted by Crippen LogP contribution is 2.16. The fourth-order valence-electron chi connectivity index (χ4n) is 2.23. The second kappa shape index (κ2) is 5.95. The molecule has 1 aromatic heterocycles. The molecule has 0 fully saturated rings. The molecule has 0 saturated heterocycles. The number of amides is 1. The Hall–Kier alpha value is -2.37. The van der Waals surface area contributed by atoms with Crippen LogP contribution in [-0.4, -0.2) is 16.1 Å². The second-order valence-electron chi connectivity index (χ2n) is 5.04. The summed E-state index contributed by atoms with van der Waals surface area (Å²) in [6.07, 6.45) is 0.683. The molecule has 21 heavy (non-hydrogen) atoms. The molecule has 112 valence electrons. The minimum atomic E-state index is -0.344. The van der Waals surface area contributed by atoms with Crippen molar-refractivity contribution >= 4 is 11.6 Å². The molecule has 0 bridgehead atoms. The van der Waals surface area contributed by atoms with E-state index in [0.717, 1.165) is 11.3 Å². The van der Waals surface area contributed by atoms with Crippen molar-refractivity contribution in [3.05, 3.63) is 46.0 Å². The van der Waals surface area contributed by atoms with Crippen LogP contribution in [-0.2, 0) is 13.0 Å². The number of nitrogens with one attached hydrogen (secondary N) is 2. The lowest BCUT2D eigenvalue weighted by atomic mass is 10.1. The Morgan fingerprint density at radius 2 is 2.00 bits per heavy atom. The van der Waals surface area contributed by atoms with Crippen molar-refractivity contribution in [1.82, 2.24) is 15.5 Å². The quantitative estimate of drug-likeness (QED) is 0.807. The summed E-state index contributed by atoms with van der Waals surface area (Å²) >= 11 is 0. The van der Waals surface area contributed by atoms with Crippen LogP contribution < -0.4 is 11.1 Å². The van der Waals surface area contributed by atoms with E-state index in [-0.39, 0.29) is 17.4 Å². The molecule has 5 nitrogen and oxygen atoms in total. The van der Waals surface area contributed by atoms with Crippen LogP contribution in [0.2, 0.25) is 0 Å². The third kappa shape index (κ3) is 3.04. The first-order chi connectivity index (χ1) is 9.93. The van der Waals surface area contributed by atoms with Gasteiger partial charge in [0, 0.05) is 6.54 Å². The average molecular weight is 290 g/mol. The maximum absolute atomic E-state index is 13.6. The monoisotopic (exact) mass is 290 g/mol. The Morgan fingerprint density at radius 3 is 2.52 bits per heavy atom. The van der Waals surface area contributed by atoms with Crippen molar-refractivity contribution in [3.8, 4) is 0 Å². The van der Waals surface area contributed by atoms with E-state index < -0.39 is 0 Å². The van der Waals surface area contributed by atoms with Crippen LogP contribution >= 0.6 is 0 Å². The number of nitrogens with zero attached hydrogens (tertiary/aromatic N) is 1. The van der Waals surface area contributed by atoms with Gasteiger partial charge in [0.15, 0.2) is 5.69 Å². The van der Waals surface area contributed by atoms with Gasteiger partial charge in [0.25, 0.3) is 5.91 Å². The highest BCUT2D eigenvalue weighted by molar-refractivity contribution is 5.97. The van der Waals surface area contributed by atoms with Gasteiger partial charge in [-0.3, -0.25) is 9.89 Å². The van der Waals surface area contributed by atoms with Crippen molar-refractivity contribution in [1.29, 1.82) is 0 Å². The molecule has 1 aromatic carbocycles. The fourth-order valence-corrected chi connectivity index (χ4v) is 2.23. The number of rotatable bonds is 4. The van der Waals surface area contributed by atoms with Gasteiger partial charge in [0.1, 0.15) is 5.82 Å². The van der Waals surface area contributed by atoms with Crippen molar-refractivity contribution in [3.63, 3.8) is 0 Å². The van der Waals surface area contributed by atoms with Gasteiger partial charge in [-0.15, -0.1) is 0 Å². The molecule has 1 amide bonds. The molecule has 6 heteroatoms. The van der Waals surface area contributed by atoms with Crippen molar-refractivity contribution in [2.45, 2.75) is 33.7 Å². The lowest BCUT2D eigenvalue weighted by Gasteiger charge is -2.08. The second-order valence-corrected chi connectivity index (χ2v) is 5.04. The van der Waals surface area contributed by atoms with Crippen LogP contribution in [0.5, 0.6) is 0 Å². The molecule has 4 N–H and O–H groups in total. The summed E-state index contributed by atoms with van der Waals surface area (Å²) in [5.74, 6) is -0.558. The van der Waals surface area contributed by atoms with E-state index >= 15 is 0 Å². The largest absolute Gasteiger partial charge is 0.395 e. The number of hydrogen-bond acceptors (Lipinski definition) is 3. The normalized spacial score (nSPS) is 10.7. The zero-order valence-corrected chi connectivity index (χ0v) is 12.4. The zero-order chi connectivity index (χ0) is 15.6. The lowest BCUT2D eigenvalue weighted by Crippen LogP contribution is -2.24. The summed E-state index contributed by atoms with van der Waals surface area (Å²) < 4.78 is 13.6. The van der Waals surface area contributed by atoms with Crippen LogP contribution in [0.4, 0.5) is 10.1 Å². The molecule has 1 heterocycles. The molecule has 0 atom stereocenters. The number of nitrogens with two attached hydrogens (primary N) is 1. The number of aromatic nitrogens is 2. The number of nitrogen functional groups attached to an aromatic ring is 1. The molecular formula is C15H19FN4O. The molecule has 0 aliphatic rings. The number of hydrogen-bond donors (Lipinski definition) is 3. The highest BCUT2D eigenvalue weighted by Gasteiger charge is 2.16. The maximum atomic E-state index is 13.6. The Morgan fingerprint density at radius 1 is 1.38 bits per heavy atom. The molecular weight excluding hydrogens is 271 g/mol. The lowest BCUT2D eigenvalue weighted by molar-refractivity contribution is 0.0946. The Bertz CT molecular complexity index is 655. The predicted molar refractivity (Wildman–Crippen MR) is 79.4 cm³/mol. The average Bonchev–Trinajstić information content (AvgIpc) is 2.83. The van der Waals surface area contributed by atoms with E-state index in [0.29, 0.717) is 29.8 Å². The maximum Gasteiger partial charge on any atom is 0.274 e. The van der Waals surface area contributed by atoms with E-state index in [9.17, 15) is 9.18 Å². The Kier molecular flexibility index (Phi) is 4.26. The van der Waals surface area contributed by atoms with E-state index in [4.69, 9.17) is 5.73 Å². The van der Waals surface area contributed by atoms with Crippen LogP contribution in [0.1, 0.15) is 39.8 Å². The zero-order valence-electron chi connectivity index (χ0n) is 12.4. The Labute approximate surface area is 122 Å². The molecule has 0 aliphatic carbocycles. The van der Waals surface area contributed by atoms with E-state index in [2.05, 4.69) is 15.5 Å². The minimum absolute atomic E-state index is 0.197. The molecule has 0 radical (unpaired) electrons. The number of halogens is 1. The number of anilines is 1. The van der Waals surface area contributed by atoms with E-state index in [1.54, 1.807) is 26.0 Å². The first kappa shape index (κ1) is 15.0. The van der Waals surface area contributed by atoms with E-state index in [1.807, 2.05) is 6.92 Å². The third-order valence-corrected chi connectivity index (χ3v) is 3.40. The third-order valence-electron chi connectivity index (χ3n) is 3.40. The topological polar surface area (TPSA) is 83.8 Å². The van der Waals surface area contributed by atoms with E-state index in [1.165, 1.54) is 0 Å². The molecule has 0 saturated carbocycles. The fraction of sp³-hybridized carbons (Fsp3) is 0.333. The molecule has 0 spiro atoms. The summed E-state index contributed by atoms with van der Waals surface area (Å²) in [6.45, 7) is 5.63. The van der Waals surface area contributed by atoms with Gasteiger partial charge in [-0.1, -0.05) is 19.1 Å². The van der Waals surface area contributed by atoms with Crippen LogP contribution in [0.15, 0.2) is 12.1 Å². The number of H-pyrrole nitrogens is 1. The molecule has 2 aromatic rings. The number of carbonyl (C=O) groups excluding carboxylic acids is 1. The molecule has 2 rings (SSSR count). The van der Waals surface area contributed by atoms with Crippen molar-refractivity contribution in [2.75, 3.05) is 5.73 Å². The smallest absolute Gasteiger partial charge is 0.274 e. The number of aromatic amines is 1. The standard InChI is InChI=1S/C15H19FN4O/c1-4-11-13(17)14(20-19-11)15(21)18-7-10-5-8(2)12(16)9(3)6-10/h5-6H,4,7,17H2,1-3H3,(H,18,21)(H,19,20). The summed E-state index contributed by atoms with van der Waals surface area (Å²) in [7, 11) is 0. The number of carbonyl (C=O) groups is 1. The van der Waals surface area contributed by atoms with Crippen molar-refractivity contribution in [2.24, 2.45) is 0 Å². The van der Waals surface area contributed by atoms with Gasteiger partial charge < -0.3 is 11.1 Å². The van der Waals surface area contributed by atoms with Gasteiger partial charge in [0.2, 0.25) is 0 Å².